The molecule has 8 rings (SSSR count). The predicted molar refractivity (Wildman–Crippen MR) is 199 cm³/mol. The van der Waals surface area contributed by atoms with Gasteiger partial charge in [-0.2, -0.15) is 0 Å². The molecule has 5 aromatic carbocycles. The van der Waals surface area contributed by atoms with E-state index in [9.17, 15) is 5.11 Å². The third kappa shape index (κ3) is 8.51. The quantitative estimate of drug-likeness (QED) is 0.118. The van der Waals surface area contributed by atoms with Gasteiger partial charge in [0, 0.05) is 22.9 Å². The minimum Gasteiger partial charge on any atom is -0.872 e. The summed E-state index contributed by atoms with van der Waals surface area (Å²) < 4.78 is 5.68. The molecule has 252 valence electrons. The Labute approximate surface area is 308 Å². The third-order valence-corrected chi connectivity index (χ3v) is 8.02. The molecule has 3 aromatic heterocycles. The topological polar surface area (TPSA) is 88.9 Å². The molecule has 51 heavy (non-hydrogen) atoms. The van der Waals surface area contributed by atoms with E-state index in [1.807, 2.05) is 155 Å². The molecule has 3 heterocycles. The van der Waals surface area contributed by atoms with E-state index in [0.717, 1.165) is 45.0 Å². The van der Waals surface area contributed by atoms with Crippen LogP contribution in [0.25, 0.3) is 33.8 Å². The molecular formula is C41H33BCuN7O. The predicted octanol–water partition coefficient (Wildman–Crippen LogP) is 8.02. The first-order chi connectivity index (χ1) is 24.6. The molecule has 0 fully saturated rings. The van der Waals surface area contributed by atoms with Crippen molar-refractivity contribution < 1.29 is 22.2 Å². The molecule has 0 aliphatic carbocycles. The number of nitrogens with zero attached hydrogens (tertiary/aromatic N) is 7. The summed E-state index contributed by atoms with van der Waals surface area (Å²) in [6.45, 7) is 1.96. The minimum atomic E-state index is -0.396. The monoisotopic (exact) mass is 713 g/mol. The van der Waals surface area contributed by atoms with Gasteiger partial charge in [0.1, 0.15) is 0 Å². The summed E-state index contributed by atoms with van der Waals surface area (Å²) in [5.41, 5.74) is 8.44. The van der Waals surface area contributed by atoms with Gasteiger partial charge in [0.05, 0.1) is 22.8 Å². The number of aryl methyl sites for hydroxylation is 1. The van der Waals surface area contributed by atoms with E-state index in [1.165, 1.54) is 0 Å². The number of aromatic nitrogens is 6. The fraction of sp³-hybridized carbons (Fsp3) is 0.0244. The second-order valence-corrected chi connectivity index (χ2v) is 11.6. The Kier molecular flexibility index (Phi) is 11.2. The van der Waals surface area contributed by atoms with Crippen molar-refractivity contribution in [2.45, 2.75) is 6.92 Å². The van der Waals surface area contributed by atoms with Crippen molar-refractivity contribution in [1.82, 2.24) is 29.1 Å². The van der Waals surface area contributed by atoms with Crippen molar-refractivity contribution in [3.05, 3.63) is 187 Å². The fourth-order valence-corrected chi connectivity index (χ4v) is 5.48. The van der Waals surface area contributed by atoms with Crippen LogP contribution in [-0.4, -0.2) is 42.4 Å². The number of para-hydroxylation sites is 1. The van der Waals surface area contributed by atoms with Crippen molar-refractivity contribution in [3.63, 3.8) is 0 Å². The zero-order valence-corrected chi connectivity index (χ0v) is 28.7. The van der Waals surface area contributed by atoms with Crippen LogP contribution in [0.15, 0.2) is 181 Å². The van der Waals surface area contributed by atoms with Gasteiger partial charge in [-0.1, -0.05) is 133 Å². The van der Waals surface area contributed by atoms with Crippen LogP contribution in [-0.2, 0) is 17.1 Å². The van der Waals surface area contributed by atoms with E-state index in [0.29, 0.717) is 5.56 Å². The molecule has 0 spiro atoms. The van der Waals surface area contributed by atoms with E-state index in [-0.39, 0.29) is 22.8 Å². The molecule has 0 amide bonds. The molecule has 8 aromatic rings. The maximum Gasteiger partial charge on any atom is 2.00 e. The first kappa shape index (κ1) is 34.6. The van der Waals surface area contributed by atoms with Crippen LogP contribution in [0.2, 0.25) is 0 Å². The Bertz CT molecular complexity index is 2120. The zero-order valence-electron chi connectivity index (χ0n) is 27.7. The van der Waals surface area contributed by atoms with E-state index in [2.05, 4.69) is 41.4 Å². The Hall–Kier alpha value is -6.22. The SMILES string of the molecule is Cc1ccc([O-])c(C=Nc2ccccc2)c1.[Cu+2].c1ccc(-c2ccn([B-](n3ccc(-c4ccccc4)n3)n3ccc(-c4ccccc4)n3)n2)cc1. The van der Waals surface area contributed by atoms with Gasteiger partial charge in [0.2, 0.25) is 0 Å². The second-order valence-electron chi connectivity index (χ2n) is 11.6. The van der Waals surface area contributed by atoms with Gasteiger partial charge in [-0.15, -0.1) is 5.75 Å². The molecule has 0 N–H and O–H groups in total. The molecule has 0 atom stereocenters. The Morgan fingerprint density at radius 3 is 1.33 bits per heavy atom. The summed E-state index contributed by atoms with van der Waals surface area (Å²) in [6, 6.07) is 51.3. The molecule has 8 nitrogen and oxygen atoms in total. The molecule has 0 saturated carbocycles. The second kappa shape index (κ2) is 16.5. The molecule has 0 bridgehead atoms. The van der Waals surface area contributed by atoms with Gasteiger partial charge >= 0.3 is 17.1 Å². The number of hydrogen-bond donors (Lipinski definition) is 0. The van der Waals surface area contributed by atoms with Gasteiger partial charge in [0.15, 0.2) is 0 Å². The molecule has 0 saturated heterocycles. The summed E-state index contributed by atoms with van der Waals surface area (Å²) >= 11 is 0. The summed E-state index contributed by atoms with van der Waals surface area (Å²) in [6.07, 6.45) is 7.53. The largest absolute Gasteiger partial charge is 2.00 e. The summed E-state index contributed by atoms with van der Waals surface area (Å²) in [7, 11) is -0.396. The van der Waals surface area contributed by atoms with Gasteiger partial charge in [-0.25, -0.2) is 15.3 Å². The van der Waals surface area contributed by atoms with Crippen LogP contribution in [0.4, 0.5) is 5.69 Å². The molecule has 10 heteroatoms. The Morgan fingerprint density at radius 1 is 0.529 bits per heavy atom. The first-order valence-electron chi connectivity index (χ1n) is 16.3. The van der Waals surface area contributed by atoms with Gasteiger partial charge in [0.25, 0.3) is 7.12 Å². The van der Waals surface area contributed by atoms with E-state index < -0.39 is 7.12 Å². The Balaban J connectivity index is 0.000000222. The van der Waals surface area contributed by atoms with Crippen molar-refractivity contribution in [3.8, 4) is 39.5 Å². The zero-order chi connectivity index (χ0) is 34.1. The summed E-state index contributed by atoms with van der Waals surface area (Å²) in [5, 5.41) is 26.2. The molecule has 2 radical (unpaired) electrons. The van der Waals surface area contributed by atoms with Gasteiger partial charge < -0.3 is 18.9 Å². The smallest absolute Gasteiger partial charge is 0.872 e. The van der Waals surface area contributed by atoms with Crippen LogP contribution in [0.3, 0.4) is 0 Å². The number of aliphatic imine (C=N–C) groups is 1. The van der Waals surface area contributed by atoms with Crippen LogP contribution < -0.4 is 5.11 Å². The van der Waals surface area contributed by atoms with Crippen molar-refractivity contribution in [1.29, 1.82) is 0 Å². The average Bonchev–Trinajstić information content (AvgIpc) is 3.97. The third-order valence-electron chi connectivity index (χ3n) is 8.02. The van der Waals surface area contributed by atoms with Crippen LogP contribution in [0.1, 0.15) is 11.1 Å². The molecular weight excluding hydrogens is 681 g/mol. The van der Waals surface area contributed by atoms with E-state index in [1.54, 1.807) is 12.3 Å². The fourth-order valence-electron chi connectivity index (χ4n) is 5.48. The van der Waals surface area contributed by atoms with Crippen LogP contribution >= 0.6 is 0 Å². The summed E-state index contributed by atoms with van der Waals surface area (Å²) in [4.78, 5) is 4.25. The van der Waals surface area contributed by atoms with E-state index >= 15 is 0 Å². The molecule has 0 aliphatic heterocycles. The number of hydrogen-bond acceptors (Lipinski definition) is 5. The van der Waals surface area contributed by atoms with Crippen molar-refractivity contribution >= 4 is 19.0 Å². The van der Waals surface area contributed by atoms with Gasteiger partial charge in [-0.3, -0.25) is 4.99 Å². The molecule has 0 aliphatic rings. The standard InChI is InChI=1S/C27H21BN6.C14H13NO.Cu/c1-4-10-22(11-5-1)25-16-19-32(29-25)28(33-20-17-26(30-33)23-12-6-2-7-13-23)34-21-18-27(31-34)24-14-8-3-9-15-24;1-11-7-8-14(16)12(9-11)10-15-13-5-3-2-4-6-13;/h1-21H;2-10,16H,1H3;/q-1;;+2/p-1. The number of rotatable bonds is 8. The van der Waals surface area contributed by atoms with Crippen LogP contribution in [0, 0.1) is 6.92 Å². The maximum atomic E-state index is 11.5. The van der Waals surface area contributed by atoms with Crippen molar-refractivity contribution in [2.75, 3.05) is 0 Å². The normalized spacial score (nSPS) is 10.9. The minimum absolute atomic E-state index is 0. The average molecular weight is 714 g/mol. The van der Waals surface area contributed by atoms with Crippen LogP contribution in [0.5, 0.6) is 5.75 Å². The maximum absolute atomic E-state index is 11.5. The Morgan fingerprint density at radius 2 is 0.922 bits per heavy atom. The summed E-state index contributed by atoms with van der Waals surface area (Å²) in [5.74, 6) is 0.00489. The molecule has 0 unspecified atom stereocenters. The first-order valence-corrected chi connectivity index (χ1v) is 16.3. The van der Waals surface area contributed by atoms with Crippen molar-refractivity contribution in [2.24, 2.45) is 4.99 Å². The van der Waals surface area contributed by atoms with E-state index in [4.69, 9.17) is 15.3 Å². The number of benzene rings is 5. The van der Waals surface area contributed by atoms with Gasteiger partial charge in [-0.05, 0) is 61.4 Å².